The second kappa shape index (κ2) is 7.26. The summed E-state index contributed by atoms with van der Waals surface area (Å²) >= 11 is 8.82. The van der Waals surface area contributed by atoms with Gasteiger partial charge in [0.2, 0.25) is 5.91 Å². The van der Waals surface area contributed by atoms with Gasteiger partial charge in [-0.1, -0.05) is 35.5 Å². The number of thiazole rings is 1. The summed E-state index contributed by atoms with van der Waals surface area (Å²) < 4.78 is 6.75. The summed E-state index contributed by atoms with van der Waals surface area (Å²) in [6.07, 6.45) is 0. The maximum absolute atomic E-state index is 12.4. The SMILES string of the molecule is CN(Cc1nc2ccccc2s1)C(=O)CSc1nc2ccc(Cl)cc2o1. The largest absolute Gasteiger partial charge is 0.431 e. The molecule has 4 aromatic rings. The van der Waals surface area contributed by atoms with Gasteiger partial charge in [-0.25, -0.2) is 9.97 Å². The highest BCUT2D eigenvalue weighted by Crippen LogP contribution is 2.26. The Morgan fingerprint density at radius 3 is 2.92 bits per heavy atom. The molecule has 0 aliphatic carbocycles. The van der Waals surface area contributed by atoms with Gasteiger partial charge in [0.25, 0.3) is 5.22 Å². The average molecular weight is 404 g/mol. The lowest BCUT2D eigenvalue weighted by Gasteiger charge is -2.14. The summed E-state index contributed by atoms with van der Waals surface area (Å²) in [5, 5.41) is 1.98. The predicted molar refractivity (Wildman–Crippen MR) is 106 cm³/mol. The average Bonchev–Trinajstić information content (AvgIpc) is 3.21. The van der Waals surface area contributed by atoms with Crippen molar-refractivity contribution in [2.24, 2.45) is 0 Å². The first-order valence-electron chi connectivity index (χ1n) is 7.86. The Labute approximate surface area is 163 Å². The molecule has 2 aromatic heterocycles. The first-order chi connectivity index (χ1) is 12.6. The molecule has 26 heavy (non-hydrogen) atoms. The number of halogens is 1. The van der Waals surface area contributed by atoms with Crippen molar-refractivity contribution in [3.05, 3.63) is 52.5 Å². The van der Waals surface area contributed by atoms with Crippen LogP contribution in [-0.2, 0) is 11.3 Å². The van der Waals surface area contributed by atoms with E-state index in [1.54, 1.807) is 41.5 Å². The van der Waals surface area contributed by atoms with E-state index in [1.165, 1.54) is 11.8 Å². The normalized spacial score (nSPS) is 11.3. The van der Waals surface area contributed by atoms with Crippen LogP contribution in [0.15, 0.2) is 52.1 Å². The fraction of sp³-hybridized carbons (Fsp3) is 0.167. The number of rotatable bonds is 5. The maximum atomic E-state index is 12.4. The van der Waals surface area contributed by atoms with Crippen LogP contribution in [0.3, 0.4) is 0 Å². The van der Waals surface area contributed by atoms with E-state index < -0.39 is 0 Å². The van der Waals surface area contributed by atoms with Crippen LogP contribution in [0.1, 0.15) is 5.01 Å². The Hall–Kier alpha value is -2.09. The number of benzene rings is 2. The molecule has 0 aliphatic rings. The first kappa shape index (κ1) is 17.3. The number of fused-ring (bicyclic) bond motifs is 2. The number of amides is 1. The number of oxazole rings is 1. The maximum Gasteiger partial charge on any atom is 0.257 e. The molecule has 0 fully saturated rings. The van der Waals surface area contributed by atoms with Crippen LogP contribution in [0.25, 0.3) is 21.3 Å². The summed E-state index contributed by atoms with van der Waals surface area (Å²) in [4.78, 5) is 23.0. The van der Waals surface area contributed by atoms with E-state index in [0.717, 1.165) is 20.7 Å². The highest BCUT2D eigenvalue weighted by molar-refractivity contribution is 7.99. The van der Waals surface area contributed by atoms with Gasteiger partial charge < -0.3 is 9.32 Å². The zero-order valence-corrected chi connectivity index (χ0v) is 16.2. The van der Waals surface area contributed by atoms with Crippen LogP contribution in [0, 0.1) is 0 Å². The monoisotopic (exact) mass is 403 g/mol. The van der Waals surface area contributed by atoms with Crippen molar-refractivity contribution < 1.29 is 9.21 Å². The molecule has 0 aliphatic heterocycles. The van der Waals surface area contributed by atoms with E-state index in [9.17, 15) is 4.79 Å². The Bertz CT molecular complexity index is 1060. The van der Waals surface area contributed by atoms with Crippen molar-refractivity contribution >= 4 is 61.9 Å². The molecule has 1 amide bonds. The molecule has 0 spiro atoms. The van der Waals surface area contributed by atoms with Crippen LogP contribution in [0.5, 0.6) is 0 Å². The minimum absolute atomic E-state index is 0.00505. The minimum Gasteiger partial charge on any atom is -0.431 e. The van der Waals surface area contributed by atoms with Crippen molar-refractivity contribution in [3.8, 4) is 0 Å². The number of para-hydroxylation sites is 1. The van der Waals surface area contributed by atoms with E-state index in [4.69, 9.17) is 16.0 Å². The van der Waals surface area contributed by atoms with Crippen LogP contribution < -0.4 is 0 Å². The van der Waals surface area contributed by atoms with E-state index >= 15 is 0 Å². The van der Waals surface area contributed by atoms with Gasteiger partial charge in [-0.15, -0.1) is 11.3 Å². The van der Waals surface area contributed by atoms with Crippen molar-refractivity contribution in [2.45, 2.75) is 11.8 Å². The van der Waals surface area contributed by atoms with Gasteiger partial charge in [0.05, 0.1) is 22.5 Å². The highest BCUT2D eigenvalue weighted by atomic mass is 35.5. The van der Waals surface area contributed by atoms with Crippen molar-refractivity contribution in [1.29, 1.82) is 0 Å². The molecule has 0 unspecified atom stereocenters. The molecule has 4 rings (SSSR count). The molecule has 0 saturated carbocycles. The molecule has 8 heteroatoms. The second-order valence-electron chi connectivity index (χ2n) is 5.71. The Balaban J connectivity index is 1.38. The number of hydrogen-bond acceptors (Lipinski definition) is 6. The van der Waals surface area contributed by atoms with E-state index in [-0.39, 0.29) is 11.7 Å². The third kappa shape index (κ3) is 3.70. The number of hydrogen-bond donors (Lipinski definition) is 0. The lowest BCUT2D eigenvalue weighted by molar-refractivity contribution is -0.127. The molecular formula is C18H14ClN3O2S2. The van der Waals surface area contributed by atoms with Gasteiger partial charge >= 0.3 is 0 Å². The molecule has 2 aromatic carbocycles. The molecule has 5 nitrogen and oxygen atoms in total. The lowest BCUT2D eigenvalue weighted by Crippen LogP contribution is -2.27. The number of carbonyl (C=O) groups is 1. The van der Waals surface area contributed by atoms with Gasteiger partial charge in [0.1, 0.15) is 10.5 Å². The van der Waals surface area contributed by atoms with Crippen molar-refractivity contribution in [2.75, 3.05) is 12.8 Å². The van der Waals surface area contributed by atoms with Gasteiger partial charge in [0.15, 0.2) is 5.58 Å². The summed E-state index contributed by atoms with van der Waals surface area (Å²) in [5.41, 5.74) is 2.32. The summed E-state index contributed by atoms with van der Waals surface area (Å²) in [6, 6.07) is 13.2. The molecule has 0 bridgehead atoms. The molecule has 0 N–H and O–H groups in total. The highest BCUT2D eigenvalue weighted by Gasteiger charge is 2.15. The molecule has 0 radical (unpaired) electrons. The Kier molecular flexibility index (Phi) is 4.84. The molecule has 0 saturated heterocycles. The fourth-order valence-electron chi connectivity index (χ4n) is 2.45. The topological polar surface area (TPSA) is 59.2 Å². The fourth-order valence-corrected chi connectivity index (χ4v) is 4.41. The van der Waals surface area contributed by atoms with Gasteiger partial charge in [0, 0.05) is 18.1 Å². The predicted octanol–water partition coefficient (Wildman–Crippen LogP) is 4.84. The third-order valence-electron chi connectivity index (χ3n) is 3.79. The number of nitrogens with zero attached hydrogens (tertiary/aromatic N) is 3. The quantitative estimate of drug-likeness (QED) is 0.446. The minimum atomic E-state index is -0.00505. The number of thioether (sulfide) groups is 1. The lowest BCUT2D eigenvalue weighted by atomic mass is 10.3. The van der Waals surface area contributed by atoms with Crippen LogP contribution >= 0.6 is 34.7 Å². The molecule has 132 valence electrons. The smallest absolute Gasteiger partial charge is 0.257 e. The first-order valence-corrected chi connectivity index (χ1v) is 10.0. The summed E-state index contributed by atoms with van der Waals surface area (Å²) in [6.45, 7) is 0.488. The molecule has 0 atom stereocenters. The van der Waals surface area contributed by atoms with Crippen LogP contribution in [0.4, 0.5) is 0 Å². The van der Waals surface area contributed by atoms with Crippen molar-refractivity contribution in [1.82, 2.24) is 14.9 Å². The van der Waals surface area contributed by atoms with Gasteiger partial charge in [-0.2, -0.15) is 0 Å². The van der Waals surface area contributed by atoms with Gasteiger partial charge in [-0.05, 0) is 24.3 Å². The van der Waals surface area contributed by atoms with Crippen molar-refractivity contribution in [3.63, 3.8) is 0 Å². The number of aromatic nitrogens is 2. The zero-order chi connectivity index (χ0) is 18.1. The zero-order valence-electron chi connectivity index (χ0n) is 13.8. The van der Waals surface area contributed by atoms with E-state index in [2.05, 4.69) is 9.97 Å². The van der Waals surface area contributed by atoms with E-state index in [1.807, 2.05) is 24.3 Å². The Morgan fingerprint density at radius 1 is 1.23 bits per heavy atom. The third-order valence-corrected chi connectivity index (χ3v) is 5.86. The molecular weight excluding hydrogens is 390 g/mol. The van der Waals surface area contributed by atoms with Gasteiger partial charge in [-0.3, -0.25) is 4.79 Å². The van der Waals surface area contributed by atoms with Crippen LogP contribution in [0.2, 0.25) is 5.02 Å². The summed E-state index contributed by atoms with van der Waals surface area (Å²) in [5.74, 6) is 0.247. The molecule has 2 heterocycles. The Morgan fingerprint density at radius 2 is 2.08 bits per heavy atom. The van der Waals surface area contributed by atoms with E-state index in [0.29, 0.717) is 22.4 Å². The standard InChI is InChI=1S/C18H14ClN3O2S2/c1-22(9-16-20-13-4-2-3-5-15(13)26-16)17(23)10-25-18-21-12-7-6-11(19)8-14(12)24-18/h2-8H,9-10H2,1H3. The number of carbonyl (C=O) groups excluding carboxylic acids is 1. The van der Waals surface area contributed by atoms with Crippen LogP contribution in [-0.4, -0.2) is 33.6 Å². The summed E-state index contributed by atoms with van der Waals surface area (Å²) in [7, 11) is 1.78. The second-order valence-corrected chi connectivity index (χ2v) is 8.18.